The first-order valence-corrected chi connectivity index (χ1v) is 9.13. The van der Waals surface area contributed by atoms with Crippen LogP contribution in [0.3, 0.4) is 0 Å². The number of nitrogens with zero attached hydrogens (tertiary/aromatic N) is 2. The molecule has 0 radical (unpaired) electrons. The van der Waals surface area contributed by atoms with E-state index in [0.29, 0.717) is 17.5 Å². The minimum atomic E-state index is -0.761. The van der Waals surface area contributed by atoms with Crippen molar-refractivity contribution in [2.24, 2.45) is 11.8 Å². The highest BCUT2D eigenvalue weighted by Gasteiger charge is 2.28. The van der Waals surface area contributed by atoms with Gasteiger partial charge in [0.2, 0.25) is 0 Å². The van der Waals surface area contributed by atoms with Gasteiger partial charge in [-0.3, -0.25) is 14.9 Å². The fourth-order valence-electron chi connectivity index (χ4n) is 3.42. The highest BCUT2D eigenvalue weighted by molar-refractivity contribution is 5.93. The first-order valence-electron chi connectivity index (χ1n) is 9.13. The van der Waals surface area contributed by atoms with Crippen LogP contribution < -0.4 is 10.2 Å². The van der Waals surface area contributed by atoms with Gasteiger partial charge in [0.25, 0.3) is 11.6 Å². The van der Waals surface area contributed by atoms with Gasteiger partial charge < -0.3 is 15.0 Å². The van der Waals surface area contributed by atoms with E-state index < -0.39 is 17.5 Å². The van der Waals surface area contributed by atoms with Crippen LogP contribution in [0.2, 0.25) is 0 Å². The quantitative estimate of drug-likeness (QED) is 0.465. The van der Waals surface area contributed by atoms with Crippen LogP contribution in [0.1, 0.15) is 43.5 Å². The van der Waals surface area contributed by atoms with E-state index in [4.69, 9.17) is 4.74 Å². The largest absolute Gasteiger partial charge is 0.452 e. The van der Waals surface area contributed by atoms with Crippen molar-refractivity contribution in [1.29, 1.82) is 0 Å². The number of hydrogen-bond acceptors (Lipinski definition) is 6. The number of carbonyl (C=O) groups is 2. The highest BCUT2D eigenvalue weighted by Crippen LogP contribution is 2.30. The lowest BCUT2D eigenvalue weighted by molar-refractivity contribution is -0.384. The van der Waals surface area contributed by atoms with Crippen molar-refractivity contribution in [2.45, 2.75) is 39.2 Å². The summed E-state index contributed by atoms with van der Waals surface area (Å²) in [6.07, 6.45) is 3.14. The summed E-state index contributed by atoms with van der Waals surface area (Å²) in [5.74, 6) is -0.195. The van der Waals surface area contributed by atoms with Crippen molar-refractivity contribution in [3.63, 3.8) is 0 Å². The molecule has 1 aromatic carbocycles. The van der Waals surface area contributed by atoms with Crippen molar-refractivity contribution < 1.29 is 19.2 Å². The molecule has 8 nitrogen and oxygen atoms in total. The topological polar surface area (TPSA) is 102 Å². The number of nitro benzene ring substituents is 1. The summed E-state index contributed by atoms with van der Waals surface area (Å²) in [7, 11) is 3.36. The number of esters is 1. The monoisotopic (exact) mass is 377 g/mol. The van der Waals surface area contributed by atoms with Crippen molar-refractivity contribution in [2.75, 3.05) is 25.6 Å². The van der Waals surface area contributed by atoms with Crippen LogP contribution in [-0.2, 0) is 9.53 Å². The molecule has 1 aliphatic carbocycles. The van der Waals surface area contributed by atoms with E-state index in [1.54, 1.807) is 19.0 Å². The maximum Gasteiger partial charge on any atom is 0.338 e. The predicted molar refractivity (Wildman–Crippen MR) is 102 cm³/mol. The number of benzene rings is 1. The van der Waals surface area contributed by atoms with Gasteiger partial charge in [-0.25, -0.2) is 4.79 Å². The molecule has 1 aromatic rings. The molecule has 1 saturated carbocycles. The molecule has 148 valence electrons. The fraction of sp³-hybridized carbons (Fsp3) is 0.579. The lowest BCUT2D eigenvalue weighted by Gasteiger charge is -2.34. The van der Waals surface area contributed by atoms with Crippen molar-refractivity contribution in [3.8, 4) is 0 Å². The summed E-state index contributed by atoms with van der Waals surface area (Å²) in [6.45, 7) is 3.89. The maximum absolute atomic E-state index is 12.2. The summed E-state index contributed by atoms with van der Waals surface area (Å²) in [5, 5.41) is 14.1. The summed E-state index contributed by atoms with van der Waals surface area (Å²) in [5.41, 5.74) is 0.235. The average Bonchev–Trinajstić information content (AvgIpc) is 2.62. The van der Waals surface area contributed by atoms with Gasteiger partial charge in [-0.05, 0) is 30.4 Å². The van der Waals surface area contributed by atoms with Gasteiger partial charge in [0, 0.05) is 26.2 Å². The molecule has 0 unspecified atom stereocenters. The number of rotatable bonds is 6. The summed E-state index contributed by atoms with van der Waals surface area (Å²) in [4.78, 5) is 36.5. The predicted octanol–water partition coefficient (Wildman–Crippen LogP) is 2.76. The normalized spacial score (nSPS) is 22.0. The summed E-state index contributed by atoms with van der Waals surface area (Å²) < 4.78 is 5.04. The first-order chi connectivity index (χ1) is 12.7. The number of hydrogen-bond donors (Lipinski definition) is 1. The molecule has 0 bridgehead atoms. The van der Waals surface area contributed by atoms with Crippen molar-refractivity contribution in [1.82, 2.24) is 5.32 Å². The van der Waals surface area contributed by atoms with Crippen LogP contribution in [-0.4, -0.2) is 43.5 Å². The standard InChI is InChI=1S/C19H27N3O5/c1-12-6-5-7-15(13(12)2)20-18(23)11-27-19(24)14-8-9-16(21(3)4)17(10-14)22(25)26/h8-10,12-13,15H,5-7,11H2,1-4H3,(H,20,23)/t12-,13+,15-/m0/s1. The Morgan fingerprint density at radius 3 is 2.63 bits per heavy atom. The Labute approximate surface area is 159 Å². The Hall–Kier alpha value is -2.64. The second-order valence-corrected chi connectivity index (χ2v) is 7.37. The number of anilines is 1. The van der Waals surface area contributed by atoms with E-state index >= 15 is 0 Å². The Bertz CT molecular complexity index is 719. The molecule has 0 aromatic heterocycles. The van der Waals surface area contributed by atoms with Crippen molar-refractivity contribution in [3.05, 3.63) is 33.9 Å². The third-order valence-electron chi connectivity index (χ3n) is 5.28. The zero-order valence-corrected chi connectivity index (χ0v) is 16.2. The van der Waals surface area contributed by atoms with E-state index in [1.165, 1.54) is 18.2 Å². The molecule has 27 heavy (non-hydrogen) atoms. The van der Waals surface area contributed by atoms with Gasteiger partial charge in [-0.1, -0.05) is 26.7 Å². The van der Waals surface area contributed by atoms with Gasteiger partial charge in [-0.15, -0.1) is 0 Å². The molecule has 1 aliphatic rings. The van der Waals surface area contributed by atoms with Gasteiger partial charge in [0.05, 0.1) is 10.5 Å². The van der Waals surface area contributed by atoms with Crippen LogP contribution in [0.25, 0.3) is 0 Å². The zero-order valence-electron chi connectivity index (χ0n) is 16.2. The molecular weight excluding hydrogens is 350 g/mol. The number of carbonyl (C=O) groups excluding carboxylic acids is 2. The lowest BCUT2D eigenvalue weighted by atomic mass is 9.78. The number of ether oxygens (including phenoxy) is 1. The van der Waals surface area contributed by atoms with Crippen LogP contribution in [0, 0.1) is 22.0 Å². The zero-order chi connectivity index (χ0) is 20.1. The molecule has 3 atom stereocenters. The van der Waals surface area contributed by atoms with E-state index in [-0.39, 0.29) is 23.2 Å². The second-order valence-electron chi connectivity index (χ2n) is 7.37. The molecule has 8 heteroatoms. The third-order valence-corrected chi connectivity index (χ3v) is 5.28. The Morgan fingerprint density at radius 1 is 1.30 bits per heavy atom. The van der Waals surface area contributed by atoms with E-state index in [9.17, 15) is 19.7 Å². The average molecular weight is 377 g/mol. The fourth-order valence-corrected chi connectivity index (χ4v) is 3.42. The molecule has 1 N–H and O–H groups in total. The Balaban J connectivity index is 1.96. The third kappa shape index (κ3) is 5.18. The van der Waals surface area contributed by atoms with Crippen LogP contribution in [0.5, 0.6) is 0 Å². The van der Waals surface area contributed by atoms with Gasteiger partial charge in [0.1, 0.15) is 5.69 Å². The van der Waals surface area contributed by atoms with Crippen LogP contribution >= 0.6 is 0 Å². The molecular formula is C19H27N3O5. The van der Waals surface area contributed by atoms with E-state index in [2.05, 4.69) is 19.2 Å². The molecule has 0 aliphatic heterocycles. The molecule has 0 spiro atoms. The van der Waals surface area contributed by atoms with Gasteiger partial charge >= 0.3 is 5.97 Å². The molecule has 0 heterocycles. The Kier molecular flexibility index (Phi) is 6.76. The number of nitrogens with one attached hydrogen (secondary N) is 1. The lowest BCUT2D eigenvalue weighted by Crippen LogP contribution is -2.45. The summed E-state index contributed by atoms with van der Waals surface area (Å²) >= 11 is 0. The number of nitro groups is 1. The Morgan fingerprint density at radius 2 is 2.00 bits per heavy atom. The first kappa shape index (κ1) is 20.7. The van der Waals surface area contributed by atoms with Crippen LogP contribution in [0.15, 0.2) is 18.2 Å². The summed E-state index contributed by atoms with van der Waals surface area (Å²) in [6, 6.07) is 4.19. The van der Waals surface area contributed by atoms with Gasteiger partial charge in [-0.2, -0.15) is 0 Å². The molecule has 1 amide bonds. The van der Waals surface area contributed by atoms with Crippen LogP contribution in [0.4, 0.5) is 11.4 Å². The van der Waals surface area contributed by atoms with E-state index in [0.717, 1.165) is 19.3 Å². The minimum absolute atomic E-state index is 0.0414. The van der Waals surface area contributed by atoms with Gasteiger partial charge in [0.15, 0.2) is 6.61 Å². The molecule has 2 rings (SSSR count). The smallest absolute Gasteiger partial charge is 0.338 e. The van der Waals surface area contributed by atoms with E-state index in [1.807, 2.05) is 0 Å². The minimum Gasteiger partial charge on any atom is -0.452 e. The molecule has 0 saturated heterocycles. The highest BCUT2D eigenvalue weighted by atomic mass is 16.6. The van der Waals surface area contributed by atoms with Crippen molar-refractivity contribution >= 4 is 23.3 Å². The molecule has 1 fully saturated rings. The number of amides is 1. The second kappa shape index (κ2) is 8.83. The maximum atomic E-state index is 12.2. The SMILES string of the molecule is C[C@H]1[C@@H](NC(=O)COC(=O)c2ccc(N(C)C)c([N+](=O)[O-])c2)CCC[C@@H]1C.